The van der Waals surface area contributed by atoms with Crippen molar-refractivity contribution in [1.29, 1.82) is 0 Å². The van der Waals surface area contributed by atoms with E-state index < -0.39 is 5.92 Å². The van der Waals surface area contributed by atoms with E-state index in [1.807, 2.05) is 6.07 Å². The van der Waals surface area contributed by atoms with Gasteiger partial charge >= 0.3 is 0 Å². The molecule has 3 aromatic rings. The molecule has 0 aliphatic heterocycles. The van der Waals surface area contributed by atoms with Crippen LogP contribution in [0.2, 0.25) is 10.0 Å². The van der Waals surface area contributed by atoms with Gasteiger partial charge in [-0.25, -0.2) is 8.78 Å². The minimum absolute atomic E-state index is 0.0305. The van der Waals surface area contributed by atoms with Crippen molar-refractivity contribution in [3.63, 3.8) is 0 Å². The predicted octanol–water partition coefficient (Wildman–Crippen LogP) is 7.41. The van der Waals surface area contributed by atoms with E-state index >= 15 is 0 Å². The Hall–Kier alpha value is -2.50. The molecule has 1 N–H and O–H groups in total. The van der Waals surface area contributed by atoms with E-state index in [1.165, 1.54) is 12.1 Å². The summed E-state index contributed by atoms with van der Waals surface area (Å²) in [7, 11) is 0. The molecule has 0 fully saturated rings. The summed E-state index contributed by atoms with van der Waals surface area (Å²) in [4.78, 5) is 17.0. The number of hydrogen-bond acceptors (Lipinski definition) is 2. The average Bonchev–Trinajstić information content (AvgIpc) is 2.99. The summed E-state index contributed by atoms with van der Waals surface area (Å²) in [5, 5.41) is 4.35. The van der Waals surface area contributed by atoms with Crippen molar-refractivity contribution in [3.8, 4) is 0 Å². The Kier molecular flexibility index (Phi) is 6.50. The molecule has 0 saturated heterocycles. The van der Waals surface area contributed by atoms with Crippen molar-refractivity contribution in [2.24, 2.45) is 0 Å². The lowest BCUT2D eigenvalue weighted by molar-refractivity contribution is 0.0176. The van der Waals surface area contributed by atoms with Crippen molar-refractivity contribution in [2.45, 2.75) is 44.6 Å². The number of nitrogens with zero attached hydrogens (tertiary/aromatic N) is 1. The third kappa shape index (κ3) is 4.79. The lowest BCUT2D eigenvalue weighted by atomic mass is 9.95. The molecule has 1 heterocycles. The average molecular weight is 475 g/mol. The fourth-order valence-electron chi connectivity index (χ4n) is 4.07. The largest absolute Gasteiger partial charge is 0.349 e. The maximum Gasteiger partial charge on any atom is 0.270 e. The van der Waals surface area contributed by atoms with Crippen LogP contribution in [0.3, 0.4) is 0 Å². The van der Waals surface area contributed by atoms with Gasteiger partial charge in [-0.2, -0.15) is 0 Å². The number of allylic oxidation sites excluding steroid dienone is 2. The monoisotopic (exact) mass is 474 g/mol. The molecular weight excluding hydrogens is 453 g/mol. The second-order valence-electron chi connectivity index (χ2n) is 8.10. The lowest BCUT2D eigenvalue weighted by Gasteiger charge is -2.18. The number of alkyl halides is 2. The van der Waals surface area contributed by atoms with Gasteiger partial charge in [0.25, 0.3) is 11.8 Å². The van der Waals surface area contributed by atoms with Crippen molar-refractivity contribution in [3.05, 3.63) is 81.5 Å². The summed E-state index contributed by atoms with van der Waals surface area (Å²) in [6, 6.07) is 11.4. The molecule has 3 nitrogen and oxygen atoms in total. The fraction of sp³-hybridized carbons (Fsp3) is 0.280. The quantitative estimate of drug-likeness (QED) is 0.427. The highest BCUT2D eigenvalue weighted by Crippen LogP contribution is 2.35. The Morgan fingerprint density at radius 3 is 2.75 bits per heavy atom. The smallest absolute Gasteiger partial charge is 0.270 e. The lowest BCUT2D eigenvalue weighted by Crippen LogP contribution is -2.34. The zero-order valence-electron chi connectivity index (χ0n) is 17.5. The number of fused-ring (bicyclic) bond motifs is 1. The van der Waals surface area contributed by atoms with Crippen LogP contribution >= 0.6 is 23.2 Å². The molecule has 1 aromatic heterocycles. The molecule has 1 atom stereocenters. The first kappa shape index (κ1) is 22.7. The SMILES string of the molecule is CC(F)(F)c1ccc2nccc(C3=CCCC(NC(=O)c4cccc(Cl)c4Cl)CC3)c2c1. The highest BCUT2D eigenvalue weighted by atomic mass is 35.5. The van der Waals surface area contributed by atoms with Crippen LogP contribution in [0.5, 0.6) is 0 Å². The molecule has 7 heteroatoms. The number of hydrogen-bond donors (Lipinski definition) is 1. The molecular formula is C25H22Cl2F2N2O. The Morgan fingerprint density at radius 1 is 1.16 bits per heavy atom. The molecule has 1 aliphatic carbocycles. The molecule has 0 bridgehead atoms. The van der Waals surface area contributed by atoms with Crippen molar-refractivity contribution in [1.82, 2.24) is 10.3 Å². The fourth-order valence-corrected chi connectivity index (χ4v) is 4.45. The Balaban J connectivity index is 1.53. The molecule has 1 amide bonds. The molecule has 0 spiro atoms. The second kappa shape index (κ2) is 9.16. The summed E-state index contributed by atoms with van der Waals surface area (Å²) in [5.41, 5.74) is 2.99. The molecule has 2 aromatic carbocycles. The van der Waals surface area contributed by atoms with Gasteiger partial charge in [-0.3, -0.25) is 9.78 Å². The van der Waals surface area contributed by atoms with Gasteiger partial charge in [0.05, 0.1) is 21.1 Å². The predicted molar refractivity (Wildman–Crippen MR) is 125 cm³/mol. The summed E-state index contributed by atoms with van der Waals surface area (Å²) in [6.45, 7) is 0.897. The molecule has 166 valence electrons. The zero-order valence-corrected chi connectivity index (χ0v) is 19.0. The normalized spacial score (nSPS) is 17.0. The topological polar surface area (TPSA) is 42.0 Å². The van der Waals surface area contributed by atoms with Crippen LogP contribution in [-0.4, -0.2) is 16.9 Å². The number of rotatable bonds is 4. The minimum Gasteiger partial charge on any atom is -0.349 e. The summed E-state index contributed by atoms with van der Waals surface area (Å²) < 4.78 is 27.8. The number of amides is 1. The van der Waals surface area contributed by atoms with E-state index in [2.05, 4.69) is 16.4 Å². The first-order valence-electron chi connectivity index (χ1n) is 10.5. The molecule has 32 heavy (non-hydrogen) atoms. The van der Waals surface area contributed by atoms with E-state index in [9.17, 15) is 13.6 Å². The van der Waals surface area contributed by atoms with Crippen molar-refractivity contribution in [2.75, 3.05) is 0 Å². The zero-order chi connectivity index (χ0) is 22.9. The van der Waals surface area contributed by atoms with Gasteiger partial charge in [0, 0.05) is 30.1 Å². The number of pyridine rings is 1. The van der Waals surface area contributed by atoms with E-state index in [0.717, 1.165) is 37.3 Å². The van der Waals surface area contributed by atoms with Gasteiger partial charge in [-0.1, -0.05) is 41.4 Å². The first-order chi connectivity index (χ1) is 15.2. The number of nitrogens with one attached hydrogen (secondary N) is 1. The summed E-state index contributed by atoms with van der Waals surface area (Å²) >= 11 is 12.2. The van der Waals surface area contributed by atoms with Gasteiger partial charge in [-0.05, 0) is 67.2 Å². The molecule has 0 radical (unpaired) electrons. The Bertz CT molecular complexity index is 1200. The van der Waals surface area contributed by atoms with Crippen LogP contribution in [0.15, 0.2) is 54.7 Å². The van der Waals surface area contributed by atoms with Crippen LogP contribution in [0.4, 0.5) is 8.78 Å². The first-order valence-corrected chi connectivity index (χ1v) is 11.2. The van der Waals surface area contributed by atoms with Gasteiger partial charge < -0.3 is 5.32 Å². The second-order valence-corrected chi connectivity index (χ2v) is 8.88. The number of carbonyl (C=O) groups is 1. The van der Waals surface area contributed by atoms with E-state index in [4.69, 9.17) is 23.2 Å². The summed E-state index contributed by atoms with van der Waals surface area (Å²) in [6.07, 6.45) is 6.80. The molecule has 0 saturated carbocycles. The standard InChI is InChI=1S/C25H22Cl2F2N2O/c1-25(28,29)16-9-11-22-20(14-16)18(12-13-30-22)15-4-2-5-17(10-8-15)31-24(32)19-6-3-7-21(26)23(19)27/h3-4,6-7,9,11-14,17H,2,5,8,10H2,1H3,(H,31,32). The van der Waals surface area contributed by atoms with Gasteiger partial charge in [0.2, 0.25) is 0 Å². The van der Waals surface area contributed by atoms with Crippen molar-refractivity contribution < 1.29 is 13.6 Å². The summed E-state index contributed by atoms with van der Waals surface area (Å²) in [5.74, 6) is -3.18. The van der Waals surface area contributed by atoms with E-state index in [0.29, 0.717) is 27.9 Å². The van der Waals surface area contributed by atoms with Crippen LogP contribution in [0.25, 0.3) is 16.5 Å². The van der Waals surface area contributed by atoms with Crippen LogP contribution in [0, 0.1) is 0 Å². The molecule has 1 unspecified atom stereocenters. The van der Waals surface area contributed by atoms with Crippen LogP contribution < -0.4 is 5.32 Å². The Morgan fingerprint density at radius 2 is 1.97 bits per heavy atom. The number of carbonyl (C=O) groups excluding carboxylic acids is 1. The maximum absolute atomic E-state index is 13.9. The Labute approximate surface area is 195 Å². The van der Waals surface area contributed by atoms with E-state index in [-0.39, 0.29) is 22.5 Å². The van der Waals surface area contributed by atoms with Crippen molar-refractivity contribution >= 4 is 45.6 Å². The maximum atomic E-state index is 13.9. The third-order valence-corrected chi connectivity index (χ3v) is 6.61. The number of aromatic nitrogens is 1. The number of benzene rings is 2. The van der Waals surface area contributed by atoms with Crippen LogP contribution in [0.1, 0.15) is 54.1 Å². The van der Waals surface area contributed by atoms with Gasteiger partial charge in [0.1, 0.15) is 0 Å². The number of halogens is 4. The molecule has 1 aliphatic rings. The molecule has 4 rings (SSSR count). The third-order valence-electron chi connectivity index (χ3n) is 5.79. The minimum atomic E-state index is -2.92. The highest BCUT2D eigenvalue weighted by molar-refractivity contribution is 6.43. The van der Waals surface area contributed by atoms with Crippen LogP contribution in [-0.2, 0) is 5.92 Å². The highest BCUT2D eigenvalue weighted by Gasteiger charge is 2.25. The van der Waals surface area contributed by atoms with E-state index in [1.54, 1.807) is 30.5 Å². The van der Waals surface area contributed by atoms with Gasteiger partial charge in [-0.15, -0.1) is 0 Å². The van der Waals surface area contributed by atoms with Gasteiger partial charge in [0.15, 0.2) is 0 Å².